The molecule has 1 aromatic carbocycles. The summed E-state index contributed by atoms with van der Waals surface area (Å²) in [4.78, 5) is 28.1. The Bertz CT molecular complexity index is 674. The van der Waals surface area contributed by atoms with Crippen LogP contribution >= 0.6 is 12.4 Å². The molecular weight excluding hydrogens is 374 g/mol. The maximum absolute atomic E-state index is 13.7. The van der Waals surface area contributed by atoms with Crippen molar-refractivity contribution in [3.05, 3.63) is 35.4 Å². The van der Waals surface area contributed by atoms with Gasteiger partial charge in [-0.1, -0.05) is 49.1 Å². The highest BCUT2D eigenvalue weighted by Gasteiger charge is 2.44. The van der Waals surface area contributed by atoms with Crippen LogP contribution in [-0.4, -0.2) is 42.9 Å². The van der Waals surface area contributed by atoms with E-state index < -0.39 is 5.41 Å². The van der Waals surface area contributed by atoms with Gasteiger partial charge < -0.3 is 16.0 Å². The second-order valence-electron chi connectivity index (χ2n) is 8.18. The first-order chi connectivity index (χ1) is 13.1. The summed E-state index contributed by atoms with van der Waals surface area (Å²) in [7, 11) is 0. The number of likely N-dealkylation sites (tertiary alicyclic amines) is 1. The summed E-state index contributed by atoms with van der Waals surface area (Å²) in [6, 6.07) is 8.45. The number of amides is 2. The predicted octanol–water partition coefficient (Wildman–Crippen LogP) is 2.93. The van der Waals surface area contributed by atoms with Crippen LogP contribution in [0.15, 0.2) is 24.3 Å². The molecule has 1 unspecified atom stereocenters. The molecule has 6 heteroatoms. The van der Waals surface area contributed by atoms with Gasteiger partial charge in [-0.05, 0) is 38.2 Å². The van der Waals surface area contributed by atoms with E-state index in [1.54, 1.807) is 0 Å². The number of hydrogen-bond acceptors (Lipinski definition) is 3. The van der Waals surface area contributed by atoms with E-state index in [2.05, 4.69) is 36.5 Å². The van der Waals surface area contributed by atoms with Crippen LogP contribution in [0.2, 0.25) is 0 Å². The summed E-state index contributed by atoms with van der Waals surface area (Å²) in [5, 5.41) is 2.89. The molecule has 0 bridgehead atoms. The summed E-state index contributed by atoms with van der Waals surface area (Å²) in [6.45, 7) is 4.31. The number of nitrogens with one attached hydrogen (secondary N) is 1. The first-order valence-corrected chi connectivity index (χ1v) is 10.4. The molecule has 3 rings (SSSR count). The van der Waals surface area contributed by atoms with Gasteiger partial charge in [0, 0.05) is 26.2 Å². The molecule has 5 nitrogen and oxygen atoms in total. The Hall–Kier alpha value is -1.59. The number of piperidine rings is 1. The van der Waals surface area contributed by atoms with Crippen molar-refractivity contribution < 1.29 is 9.59 Å². The molecule has 0 aromatic heterocycles. The molecule has 1 aliphatic carbocycles. The highest BCUT2D eigenvalue weighted by Crippen LogP contribution is 2.42. The number of carbonyl (C=O) groups is 2. The third-order valence-electron chi connectivity index (χ3n) is 6.21. The van der Waals surface area contributed by atoms with Crippen molar-refractivity contribution in [2.24, 2.45) is 11.7 Å². The number of nitrogens with zero attached hydrogens (tertiary/aromatic N) is 1. The van der Waals surface area contributed by atoms with E-state index in [1.165, 1.54) is 12.0 Å². The molecule has 2 amide bonds. The first-order valence-electron chi connectivity index (χ1n) is 10.4. The van der Waals surface area contributed by atoms with Crippen molar-refractivity contribution in [2.75, 3.05) is 26.2 Å². The number of rotatable bonds is 5. The van der Waals surface area contributed by atoms with E-state index in [0.717, 1.165) is 50.6 Å². The lowest BCUT2D eigenvalue weighted by Gasteiger charge is -2.43. The molecular formula is C22H34ClN3O2. The van der Waals surface area contributed by atoms with Gasteiger partial charge in [0.25, 0.3) is 0 Å². The molecule has 0 spiro atoms. The van der Waals surface area contributed by atoms with Gasteiger partial charge in [0.15, 0.2) is 0 Å². The number of hydrogen-bond donors (Lipinski definition) is 2. The molecule has 2 fully saturated rings. The van der Waals surface area contributed by atoms with Gasteiger partial charge in [-0.3, -0.25) is 9.59 Å². The van der Waals surface area contributed by atoms with Crippen LogP contribution in [0.25, 0.3) is 0 Å². The fraction of sp³-hybridized carbons (Fsp3) is 0.636. The smallest absolute Gasteiger partial charge is 0.233 e. The normalized spacial score (nSPS) is 21.5. The van der Waals surface area contributed by atoms with Gasteiger partial charge in [-0.2, -0.15) is 0 Å². The lowest BCUT2D eigenvalue weighted by Crippen LogP contribution is -2.53. The van der Waals surface area contributed by atoms with Gasteiger partial charge >= 0.3 is 0 Å². The number of nitrogens with two attached hydrogens (primary N) is 1. The minimum Gasteiger partial charge on any atom is -0.355 e. The van der Waals surface area contributed by atoms with E-state index >= 15 is 0 Å². The molecule has 1 aromatic rings. The zero-order chi connectivity index (χ0) is 19.3. The summed E-state index contributed by atoms with van der Waals surface area (Å²) in [6.07, 6.45) is 6.94. The zero-order valence-electron chi connectivity index (χ0n) is 16.9. The van der Waals surface area contributed by atoms with Gasteiger partial charge in [0.1, 0.15) is 0 Å². The summed E-state index contributed by atoms with van der Waals surface area (Å²) in [5.74, 6) is 0.141. The summed E-state index contributed by atoms with van der Waals surface area (Å²) >= 11 is 0. The number of halogens is 1. The average molecular weight is 408 g/mol. The third kappa shape index (κ3) is 4.87. The maximum atomic E-state index is 13.7. The van der Waals surface area contributed by atoms with Crippen molar-refractivity contribution >= 4 is 24.2 Å². The third-order valence-corrected chi connectivity index (χ3v) is 6.21. The van der Waals surface area contributed by atoms with Gasteiger partial charge in [-0.25, -0.2) is 0 Å². The summed E-state index contributed by atoms with van der Waals surface area (Å²) in [5.41, 5.74) is 7.43. The van der Waals surface area contributed by atoms with Crippen LogP contribution in [0.5, 0.6) is 0 Å². The Labute approximate surface area is 174 Å². The van der Waals surface area contributed by atoms with E-state index in [4.69, 9.17) is 5.73 Å². The van der Waals surface area contributed by atoms with Crippen LogP contribution in [0.4, 0.5) is 0 Å². The maximum Gasteiger partial charge on any atom is 0.233 e. The number of benzene rings is 1. The number of aryl methyl sites for hydroxylation is 1. The van der Waals surface area contributed by atoms with Gasteiger partial charge in [0.2, 0.25) is 11.8 Å². The van der Waals surface area contributed by atoms with Gasteiger partial charge in [0.05, 0.1) is 11.3 Å². The highest BCUT2D eigenvalue weighted by molar-refractivity contribution is 5.89. The van der Waals surface area contributed by atoms with Crippen LogP contribution in [0.3, 0.4) is 0 Å². The quantitative estimate of drug-likeness (QED) is 0.787. The molecule has 1 heterocycles. The average Bonchev–Trinajstić information content (AvgIpc) is 2.72. The standard InChI is InChI=1S/C22H33N3O2.ClH/c1-17-7-5-9-19(15-17)22(10-3-2-4-11-22)21(27)25-14-6-8-18(16-25)20(26)24-13-12-23;/h5,7,9,15,18H,2-4,6,8,10-14,16,23H2,1H3,(H,24,26);1H. The lowest BCUT2D eigenvalue weighted by molar-refractivity contribution is -0.142. The largest absolute Gasteiger partial charge is 0.355 e. The molecule has 3 N–H and O–H groups in total. The van der Waals surface area contributed by atoms with Crippen LogP contribution < -0.4 is 11.1 Å². The Morgan fingerprint density at radius 3 is 2.64 bits per heavy atom. The highest BCUT2D eigenvalue weighted by atomic mass is 35.5. The van der Waals surface area contributed by atoms with Crippen LogP contribution in [0, 0.1) is 12.8 Å². The fourth-order valence-corrected chi connectivity index (χ4v) is 4.74. The monoisotopic (exact) mass is 407 g/mol. The molecule has 0 radical (unpaired) electrons. The second-order valence-corrected chi connectivity index (χ2v) is 8.18. The van der Waals surface area contributed by atoms with Crippen LogP contribution in [0.1, 0.15) is 56.1 Å². The lowest BCUT2D eigenvalue weighted by atomic mass is 9.68. The molecule has 156 valence electrons. The van der Waals surface area contributed by atoms with E-state index in [-0.39, 0.29) is 30.1 Å². The Morgan fingerprint density at radius 1 is 1.21 bits per heavy atom. The van der Waals surface area contributed by atoms with Crippen molar-refractivity contribution in [3.8, 4) is 0 Å². The van der Waals surface area contributed by atoms with E-state index in [0.29, 0.717) is 19.6 Å². The van der Waals surface area contributed by atoms with E-state index in [1.807, 2.05) is 4.90 Å². The van der Waals surface area contributed by atoms with E-state index in [9.17, 15) is 9.59 Å². The van der Waals surface area contributed by atoms with Crippen molar-refractivity contribution in [2.45, 2.75) is 57.3 Å². The van der Waals surface area contributed by atoms with Gasteiger partial charge in [-0.15, -0.1) is 12.4 Å². The second kappa shape index (κ2) is 10.3. The predicted molar refractivity (Wildman–Crippen MR) is 115 cm³/mol. The molecule has 1 aliphatic heterocycles. The SMILES string of the molecule is Cc1cccc(C2(C(=O)N3CCCC(C(=O)NCCN)C3)CCCCC2)c1.Cl. The van der Waals surface area contributed by atoms with Crippen molar-refractivity contribution in [3.63, 3.8) is 0 Å². The Kier molecular flexibility index (Phi) is 8.32. The van der Waals surface area contributed by atoms with Crippen molar-refractivity contribution in [1.82, 2.24) is 10.2 Å². The first kappa shape index (κ1) is 22.7. The zero-order valence-corrected chi connectivity index (χ0v) is 17.7. The molecule has 28 heavy (non-hydrogen) atoms. The Balaban J connectivity index is 0.00000280. The van der Waals surface area contributed by atoms with Crippen molar-refractivity contribution in [1.29, 1.82) is 0 Å². The molecule has 2 aliphatic rings. The van der Waals surface area contributed by atoms with Crippen LogP contribution in [-0.2, 0) is 15.0 Å². The topological polar surface area (TPSA) is 75.4 Å². The minimum absolute atomic E-state index is 0. The Morgan fingerprint density at radius 2 is 1.96 bits per heavy atom. The minimum atomic E-state index is -0.417. The summed E-state index contributed by atoms with van der Waals surface area (Å²) < 4.78 is 0. The number of carbonyl (C=O) groups excluding carboxylic acids is 2. The molecule has 1 saturated carbocycles. The molecule has 1 saturated heterocycles. The molecule has 1 atom stereocenters. The fourth-order valence-electron chi connectivity index (χ4n) is 4.74.